The van der Waals surface area contributed by atoms with Crippen LogP contribution in [0.25, 0.3) is 10.9 Å². The van der Waals surface area contributed by atoms with Crippen LogP contribution >= 0.6 is 0 Å². The normalized spacial score (nSPS) is 11.9. The predicted molar refractivity (Wildman–Crippen MR) is 136 cm³/mol. The van der Waals surface area contributed by atoms with Gasteiger partial charge < -0.3 is 9.67 Å². The molecule has 0 aliphatic rings. The molecule has 0 fully saturated rings. The number of nitrogens with zero attached hydrogens (tertiary/aromatic N) is 4. The fourth-order valence-electron chi connectivity index (χ4n) is 3.86. The van der Waals surface area contributed by atoms with Crippen LogP contribution in [0.15, 0.2) is 81.9 Å². The van der Waals surface area contributed by atoms with Crippen molar-refractivity contribution in [3.8, 4) is 5.88 Å². The fourth-order valence-corrected chi connectivity index (χ4v) is 5.33. The van der Waals surface area contributed by atoms with Gasteiger partial charge in [-0.1, -0.05) is 48.0 Å². The quantitative estimate of drug-likeness (QED) is 0.370. The SMILES string of the molecule is Cc1ccc(S(=O)(=O)N(CC(=O)N=Nc2c(O)n(C)c3ccccc23)c2cccc(C)c2C)cc1. The molecule has 4 aromatic rings. The Labute approximate surface area is 204 Å². The first kappa shape index (κ1) is 24.2. The summed E-state index contributed by atoms with van der Waals surface area (Å²) in [6.07, 6.45) is 0. The molecule has 0 aliphatic heterocycles. The number of hydrogen-bond acceptors (Lipinski definition) is 5. The van der Waals surface area contributed by atoms with E-state index < -0.39 is 22.5 Å². The monoisotopic (exact) mass is 490 g/mol. The van der Waals surface area contributed by atoms with Gasteiger partial charge in [-0.3, -0.25) is 9.10 Å². The Hall–Kier alpha value is -3.98. The summed E-state index contributed by atoms with van der Waals surface area (Å²) in [5, 5.41) is 18.8. The van der Waals surface area contributed by atoms with Crippen molar-refractivity contribution in [3.05, 3.63) is 83.4 Å². The highest BCUT2D eigenvalue weighted by Crippen LogP contribution is 2.38. The number of rotatable bonds is 6. The van der Waals surface area contributed by atoms with Crippen LogP contribution in [0, 0.1) is 20.8 Å². The molecular formula is C26H26N4O4S. The van der Waals surface area contributed by atoms with E-state index in [1.165, 1.54) is 12.1 Å². The van der Waals surface area contributed by atoms with Gasteiger partial charge in [-0.15, -0.1) is 10.2 Å². The average molecular weight is 491 g/mol. The van der Waals surface area contributed by atoms with Crippen molar-refractivity contribution in [2.45, 2.75) is 25.7 Å². The Balaban J connectivity index is 1.73. The number of fused-ring (bicyclic) bond motifs is 1. The second-order valence-electron chi connectivity index (χ2n) is 8.39. The molecule has 1 aromatic heterocycles. The Morgan fingerprint density at radius 2 is 1.66 bits per heavy atom. The highest BCUT2D eigenvalue weighted by molar-refractivity contribution is 7.92. The van der Waals surface area contributed by atoms with Crippen LogP contribution in [-0.4, -0.2) is 30.5 Å². The van der Waals surface area contributed by atoms with Gasteiger partial charge in [0.15, 0.2) is 5.69 Å². The molecule has 0 bridgehead atoms. The van der Waals surface area contributed by atoms with Crippen molar-refractivity contribution in [1.29, 1.82) is 0 Å². The molecule has 9 heteroatoms. The Bertz CT molecular complexity index is 1550. The zero-order valence-electron chi connectivity index (χ0n) is 19.9. The molecule has 8 nitrogen and oxygen atoms in total. The zero-order chi connectivity index (χ0) is 25.3. The molecule has 180 valence electrons. The minimum Gasteiger partial charge on any atom is -0.493 e. The smallest absolute Gasteiger partial charge is 0.285 e. The van der Waals surface area contributed by atoms with Crippen molar-refractivity contribution in [3.63, 3.8) is 0 Å². The largest absolute Gasteiger partial charge is 0.493 e. The molecule has 1 heterocycles. The first-order valence-corrected chi connectivity index (χ1v) is 12.4. The van der Waals surface area contributed by atoms with Crippen LogP contribution in [0.4, 0.5) is 11.4 Å². The fraction of sp³-hybridized carbons (Fsp3) is 0.192. The lowest BCUT2D eigenvalue weighted by atomic mass is 10.1. The van der Waals surface area contributed by atoms with E-state index in [0.29, 0.717) is 11.1 Å². The molecule has 1 N–H and O–H groups in total. The molecule has 0 unspecified atom stereocenters. The number of carbonyl (C=O) groups is 1. The van der Waals surface area contributed by atoms with Gasteiger partial charge in [-0.2, -0.15) is 0 Å². The number of para-hydroxylation sites is 1. The van der Waals surface area contributed by atoms with Gasteiger partial charge in [0.05, 0.1) is 16.1 Å². The van der Waals surface area contributed by atoms with Crippen molar-refractivity contribution >= 4 is 38.2 Å². The lowest BCUT2D eigenvalue weighted by Crippen LogP contribution is -2.36. The average Bonchev–Trinajstić information content (AvgIpc) is 3.08. The summed E-state index contributed by atoms with van der Waals surface area (Å²) >= 11 is 0. The van der Waals surface area contributed by atoms with Gasteiger partial charge in [-0.05, 0) is 56.2 Å². The molecule has 1 amide bonds. The topological polar surface area (TPSA) is 104 Å². The van der Waals surface area contributed by atoms with Crippen molar-refractivity contribution in [1.82, 2.24) is 4.57 Å². The molecule has 0 saturated carbocycles. The third-order valence-corrected chi connectivity index (χ3v) is 7.82. The van der Waals surface area contributed by atoms with E-state index in [0.717, 1.165) is 26.5 Å². The summed E-state index contributed by atoms with van der Waals surface area (Å²) in [6.45, 7) is 5.00. The maximum Gasteiger partial charge on any atom is 0.285 e. The maximum absolute atomic E-state index is 13.6. The summed E-state index contributed by atoms with van der Waals surface area (Å²) < 4.78 is 29.8. The number of carbonyl (C=O) groups excluding carboxylic acids is 1. The maximum atomic E-state index is 13.6. The van der Waals surface area contributed by atoms with Crippen LogP contribution in [0.2, 0.25) is 0 Å². The molecular weight excluding hydrogens is 464 g/mol. The number of anilines is 1. The minimum atomic E-state index is -4.07. The number of aromatic nitrogens is 1. The van der Waals surface area contributed by atoms with Gasteiger partial charge in [0.1, 0.15) is 6.54 Å². The van der Waals surface area contributed by atoms with Crippen LogP contribution in [0.5, 0.6) is 5.88 Å². The summed E-state index contributed by atoms with van der Waals surface area (Å²) in [7, 11) is -2.39. The van der Waals surface area contributed by atoms with E-state index >= 15 is 0 Å². The Kier molecular flexibility index (Phi) is 6.45. The van der Waals surface area contributed by atoms with E-state index in [-0.39, 0.29) is 16.5 Å². The minimum absolute atomic E-state index is 0.0699. The lowest BCUT2D eigenvalue weighted by Gasteiger charge is -2.25. The molecule has 4 rings (SSSR count). The molecule has 0 spiro atoms. The molecule has 0 aliphatic carbocycles. The van der Waals surface area contributed by atoms with Crippen molar-refractivity contribution in [2.75, 3.05) is 10.8 Å². The van der Waals surface area contributed by atoms with Gasteiger partial charge in [0.25, 0.3) is 15.9 Å². The van der Waals surface area contributed by atoms with Gasteiger partial charge in [0, 0.05) is 12.4 Å². The second-order valence-corrected chi connectivity index (χ2v) is 10.2. The number of aromatic hydroxyl groups is 1. The number of azo groups is 1. The lowest BCUT2D eigenvalue weighted by molar-refractivity contribution is -0.116. The Morgan fingerprint density at radius 1 is 0.971 bits per heavy atom. The highest BCUT2D eigenvalue weighted by Gasteiger charge is 2.28. The van der Waals surface area contributed by atoms with Crippen LogP contribution in [0.1, 0.15) is 16.7 Å². The molecule has 3 aromatic carbocycles. The third-order valence-electron chi connectivity index (χ3n) is 6.04. The molecule has 0 atom stereocenters. The first-order chi connectivity index (χ1) is 16.6. The zero-order valence-corrected chi connectivity index (χ0v) is 20.7. The molecule has 35 heavy (non-hydrogen) atoms. The number of hydrogen-bond donors (Lipinski definition) is 1. The number of benzene rings is 3. The van der Waals surface area contributed by atoms with Crippen LogP contribution < -0.4 is 4.31 Å². The molecule has 0 radical (unpaired) electrons. The number of aryl methyl sites for hydroxylation is 3. The van der Waals surface area contributed by atoms with Crippen LogP contribution in [0.3, 0.4) is 0 Å². The van der Waals surface area contributed by atoms with E-state index in [4.69, 9.17) is 0 Å². The standard InChI is InChI=1S/C26H26N4O4S/c1-17-12-14-20(15-13-17)35(33,34)30(22-11-7-8-18(2)19(22)3)16-24(31)27-28-25-21-9-5-6-10-23(21)29(4)26(25)32/h5-15,32H,16H2,1-4H3. The van der Waals surface area contributed by atoms with E-state index in [9.17, 15) is 18.3 Å². The van der Waals surface area contributed by atoms with Gasteiger partial charge in [-0.25, -0.2) is 8.42 Å². The number of amides is 1. The second kappa shape index (κ2) is 9.34. The summed E-state index contributed by atoms with van der Waals surface area (Å²) in [5.74, 6) is -0.907. The number of sulfonamides is 1. The third kappa shape index (κ3) is 4.54. The van der Waals surface area contributed by atoms with Gasteiger partial charge in [0.2, 0.25) is 5.88 Å². The van der Waals surface area contributed by atoms with Gasteiger partial charge >= 0.3 is 0 Å². The Morgan fingerprint density at radius 3 is 2.37 bits per heavy atom. The predicted octanol–water partition coefficient (Wildman–Crippen LogP) is 5.31. The summed E-state index contributed by atoms with van der Waals surface area (Å²) in [6, 6.07) is 18.9. The van der Waals surface area contributed by atoms with E-state index in [1.54, 1.807) is 48.0 Å². The van der Waals surface area contributed by atoms with Crippen LogP contribution in [-0.2, 0) is 21.9 Å². The summed E-state index contributed by atoms with van der Waals surface area (Å²) in [4.78, 5) is 13.0. The van der Waals surface area contributed by atoms with Crippen molar-refractivity contribution < 1.29 is 18.3 Å². The first-order valence-electron chi connectivity index (χ1n) is 11.0. The van der Waals surface area contributed by atoms with E-state index in [1.807, 2.05) is 39.0 Å². The molecule has 0 saturated heterocycles. The summed E-state index contributed by atoms with van der Waals surface area (Å²) in [5.41, 5.74) is 3.81. The van der Waals surface area contributed by atoms with E-state index in [2.05, 4.69) is 10.2 Å². The van der Waals surface area contributed by atoms with Crippen molar-refractivity contribution in [2.24, 2.45) is 17.3 Å². The highest BCUT2D eigenvalue weighted by atomic mass is 32.2.